The standard InChI is InChI=1S/2C46H31N3.C45H30N4/c1-4-14-31(15-5-1)37-27-38(29-39(28-37)41-24-13-25-42-40-23-11-10-20-35(40)30-43(41)42)34-21-12-22-36(26-34)46-48-44(32-16-6-2-7-17-32)47-45(49-46)33-18-8-3-9-19-33;1-4-13-31(14-5-1)37-27-38(32-23-25-33(26-24-32)40-21-12-22-42-41-20-11-10-19-36(41)30-43(40)42)29-39(28-37)46-48-44(34-15-6-2-7-16-34)47-45(49-46)35-17-8-3-9-18-35;1-4-13-30(14-5-1)34-25-35(38-21-11-23-40-39-22-10-20-37(41(39)28-42(38)40)33-19-12-24-46-29-33)27-36(26-34)45-48-43(31-15-6-2-7-16-31)47-44(49-45)32-17-8-3-9-18-32/h2*1-29H,30H2;1-27,29H,28H2. The third kappa shape index (κ3) is 18.4. The minimum atomic E-state index is 0.640. The molecule has 147 heavy (non-hydrogen) atoms. The topological polar surface area (TPSA) is 129 Å². The molecule has 27 rings (SSSR count). The van der Waals surface area contributed by atoms with Gasteiger partial charge in [0, 0.05) is 68.0 Å². The van der Waals surface area contributed by atoms with Crippen LogP contribution >= 0.6 is 0 Å². The van der Waals surface area contributed by atoms with Gasteiger partial charge in [0.25, 0.3) is 0 Å². The maximum atomic E-state index is 5.09. The van der Waals surface area contributed by atoms with E-state index in [0.29, 0.717) is 52.4 Å². The lowest BCUT2D eigenvalue weighted by atomic mass is 9.90. The summed E-state index contributed by atoms with van der Waals surface area (Å²) in [5.41, 5.74) is 45.8. The van der Waals surface area contributed by atoms with Crippen LogP contribution in [0.4, 0.5) is 0 Å². The quantitative estimate of drug-likeness (QED) is 0.0819. The third-order valence-corrected chi connectivity index (χ3v) is 28.0. The summed E-state index contributed by atoms with van der Waals surface area (Å²) in [7, 11) is 0. The molecule has 4 aromatic heterocycles. The summed E-state index contributed by atoms with van der Waals surface area (Å²) in [5.74, 6) is 5.84. The first kappa shape index (κ1) is 89.0. The zero-order valence-electron chi connectivity index (χ0n) is 80.2. The van der Waals surface area contributed by atoms with Gasteiger partial charge in [-0.25, -0.2) is 44.9 Å². The Bertz CT molecular complexity index is 8820. The summed E-state index contributed by atoms with van der Waals surface area (Å²) in [4.78, 5) is 49.4. The fourth-order valence-electron chi connectivity index (χ4n) is 20.8. The maximum Gasteiger partial charge on any atom is 0.164 e. The first-order valence-corrected chi connectivity index (χ1v) is 49.8. The molecular formula is C137H92N10. The van der Waals surface area contributed by atoms with E-state index in [-0.39, 0.29) is 0 Å². The molecule has 0 N–H and O–H groups in total. The van der Waals surface area contributed by atoms with Crippen molar-refractivity contribution < 1.29 is 0 Å². The predicted molar refractivity (Wildman–Crippen MR) is 600 cm³/mol. The van der Waals surface area contributed by atoms with Crippen molar-refractivity contribution >= 4 is 0 Å². The SMILES string of the molecule is c1ccc(-c2cc(-c3ccc(-c4cccc5c4Cc4ccccc4-5)cc3)cc(-c3nc(-c4ccccc4)nc(-c4ccccc4)n3)c2)cc1.c1ccc(-c2cc(-c3cccc(-c4nc(-c5ccccc5)nc(-c5ccccc5)n4)c3)cc(-c3cccc4c3Cc3ccccc3-4)c2)cc1.c1ccc(-c2cc(-c3nc(-c4ccccc4)nc(-c4ccccc4)n3)cc(-c3cccc4c3Cc3c(-c5cccnc5)cccc3-4)c2)cc1. The van der Waals surface area contributed by atoms with E-state index >= 15 is 0 Å². The number of hydrogen-bond acceptors (Lipinski definition) is 10. The van der Waals surface area contributed by atoms with Gasteiger partial charge in [-0.05, 0) is 247 Å². The molecule has 0 amide bonds. The van der Waals surface area contributed by atoms with Crippen molar-refractivity contribution in [3.05, 3.63) is 555 Å². The molecule has 0 spiro atoms. The van der Waals surface area contributed by atoms with Gasteiger partial charge in [-0.1, -0.05) is 443 Å². The van der Waals surface area contributed by atoms with Crippen molar-refractivity contribution in [1.82, 2.24) is 49.8 Å². The number of fused-ring (bicyclic) bond motifs is 9. The molecule has 24 aromatic rings. The Balaban J connectivity index is 0.000000115. The summed E-state index contributed by atoms with van der Waals surface area (Å²) in [6.45, 7) is 0. The molecule has 10 heteroatoms. The molecule has 0 unspecified atom stereocenters. The number of benzene rings is 20. The van der Waals surface area contributed by atoms with E-state index in [9.17, 15) is 0 Å². The van der Waals surface area contributed by atoms with E-state index in [2.05, 4.69) is 327 Å². The fraction of sp³-hybridized carbons (Fsp3) is 0.0219. The van der Waals surface area contributed by atoms with Crippen LogP contribution in [0, 0.1) is 0 Å². The molecule has 20 aromatic carbocycles. The van der Waals surface area contributed by atoms with E-state index in [4.69, 9.17) is 44.9 Å². The molecule has 0 aliphatic heterocycles. The van der Waals surface area contributed by atoms with Crippen molar-refractivity contribution in [1.29, 1.82) is 0 Å². The Kier molecular flexibility index (Phi) is 24.2. The number of hydrogen-bond donors (Lipinski definition) is 0. The average molecular weight is 1880 g/mol. The normalized spacial score (nSPS) is 11.6. The number of nitrogens with zero attached hydrogens (tertiary/aromatic N) is 10. The Hall–Kier alpha value is -19.4. The molecule has 10 nitrogen and oxygen atoms in total. The van der Waals surface area contributed by atoms with E-state index in [1.165, 1.54) is 111 Å². The molecule has 0 fully saturated rings. The van der Waals surface area contributed by atoms with Gasteiger partial charge < -0.3 is 0 Å². The zero-order valence-corrected chi connectivity index (χ0v) is 80.2. The average Bonchev–Trinajstić information content (AvgIpc) is 1.60. The smallest absolute Gasteiger partial charge is 0.164 e. The molecule has 3 aliphatic carbocycles. The minimum absolute atomic E-state index is 0.640. The van der Waals surface area contributed by atoms with Crippen LogP contribution in [-0.2, 0) is 19.3 Å². The third-order valence-electron chi connectivity index (χ3n) is 28.0. The van der Waals surface area contributed by atoms with Crippen LogP contribution in [0.15, 0.2) is 522 Å². The monoisotopic (exact) mass is 1880 g/mol. The van der Waals surface area contributed by atoms with E-state index in [1.807, 2.05) is 200 Å². The van der Waals surface area contributed by atoms with Crippen LogP contribution in [-0.4, -0.2) is 49.8 Å². The van der Waals surface area contributed by atoms with Crippen molar-refractivity contribution in [2.45, 2.75) is 19.3 Å². The summed E-state index contributed by atoms with van der Waals surface area (Å²) >= 11 is 0. The van der Waals surface area contributed by atoms with Crippen LogP contribution in [0.3, 0.4) is 0 Å². The molecular weight excluding hydrogens is 1790 g/mol. The molecule has 3 aliphatic rings. The maximum absolute atomic E-state index is 5.09. The van der Waals surface area contributed by atoms with Gasteiger partial charge >= 0.3 is 0 Å². The first-order chi connectivity index (χ1) is 72.8. The zero-order chi connectivity index (χ0) is 97.7. The largest absolute Gasteiger partial charge is 0.264 e. The van der Waals surface area contributed by atoms with Crippen LogP contribution in [0.2, 0.25) is 0 Å². The lowest BCUT2D eigenvalue weighted by Crippen LogP contribution is -2.00. The Morgan fingerprint density at radius 1 is 0.116 bits per heavy atom. The van der Waals surface area contributed by atoms with Crippen molar-refractivity contribution in [2.24, 2.45) is 0 Å². The summed E-state index contributed by atoms with van der Waals surface area (Å²) in [6.07, 6.45) is 6.54. The molecule has 4 heterocycles. The molecule has 0 saturated heterocycles. The highest BCUT2D eigenvalue weighted by Gasteiger charge is 2.29. The summed E-state index contributed by atoms with van der Waals surface area (Å²) in [6, 6.07) is 179. The molecule has 0 radical (unpaired) electrons. The fourth-order valence-corrected chi connectivity index (χ4v) is 20.8. The summed E-state index contributed by atoms with van der Waals surface area (Å²) < 4.78 is 0. The molecule has 0 bridgehead atoms. The highest BCUT2D eigenvalue weighted by Crippen LogP contribution is 2.50. The lowest BCUT2D eigenvalue weighted by Gasteiger charge is -2.15. The Morgan fingerprint density at radius 3 is 0.660 bits per heavy atom. The first-order valence-electron chi connectivity index (χ1n) is 49.8. The second-order valence-corrected chi connectivity index (χ2v) is 37.2. The van der Waals surface area contributed by atoms with Crippen LogP contribution in [0.25, 0.3) is 236 Å². The van der Waals surface area contributed by atoms with Gasteiger partial charge in [-0.15, -0.1) is 0 Å². The van der Waals surface area contributed by atoms with Gasteiger partial charge in [0.1, 0.15) is 0 Å². The van der Waals surface area contributed by atoms with Crippen LogP contribution < -0.4 is 0 Å². The minimum Gasteiger partial charge on any atom is -0.264 e. The number of aromatic nitrogens is 10. The van der Waals surface area contributed by atoms with Gasteiger partial charge in [-0.2, -0.15) is 0 Å². The molecule has 690 valence electrons. The number of pyridine rings is 1. The highest BCUT2D eigenvalue weighted by atomic mass is 15.1. The van der Waals surface area contributed by atoms with E-state index in [1.54, 1.807) is 0 Å². The second-order valence-electron chi connectivity index (χ2n) is 37.2. The predicted octanol–water partition coefficient (Wildman–Crippen LogP) is 33.7. The van der Waals surface area contributed by atoms with Gasteiger partial charge in [0.2, 0.25) is 0 Å². The van der Waals surface area contributed by atoms with E-state index in [0.717, 1.165) is 125 Å². The summed E-state index contributed by atoms with van der Waals surface area (Å²) in [5, 5.41) is 0. The molecule has 0 atom stereocenters. The van der Waals surface area contributed by atoms with Crippen molar-refractivity contribution in [2.75, 3.05) is 0 Å². The number of rotatable bonds is 18. The van der Waals surface area contributed by atoms with Gasteiger partial charge in [-0.3, -0.25) is 4.98 Å². The van der Waals surface area contributed by atoms with Gasteiger partial charge in [0.15, 0.2) is 52.4 Å². The van der Waals surface area contributed by atoms with E-state index < -0.39 is 0 Å². The highest BCUT2D eigenvalue weighted by molar-refractivity contribution is 5.94. The van der Waals surface area contributed by atoms with Gasteiger partial charge in [0.05, 0.1) is 0 Å². The van der Waals surface area contributed by atoms with Crippen LogP contribution in [0.5, 0.6) is 0 Å². The second kappa shape index (κ2) is 39.9. The van der Waals surface area contributed by atoms with Crippen molar-refractivity contribution in [3.8, 4) is 236 Å². The lowest BCUT2D eigenvalue weighted by molar-refractivity contribution is 1.07. The molecule has 0 saturated carbocycles. The Morgan fingerprint density at radius 2 is 0.320 bits per heavy atom. The van der Waals surface area contributed by atoms with Crippen LogP contribution in [0.1, 0.15) is 33.4 Å². The van der Waals surface area contributed by atoms with Crippen molar-refractivity contribution in [3.63, 3.8) is 0 Å². The Labute approximate surface area is 854 Å².